The Morgan fingerprint density at radius 3 is 2.40 bits per heavy atom. The van der Waals surface area contributed by atoms with Gasteiger partial charge in [-0.3, -0.25) is 10.2 Å². The summed E-state index contributed by atoms with van der Waals surface area (Å²) >= 11 is 0. The molecule has 0 fully saturated rings. The van der Waals surface area contributed by atoms with Gasteiger partial charge in [-0.15, -0.1) is 0 Å². The van der Waals surface area contributed by atoms with E-state index in [1.54, 1.807) is 19.3 Å². The predicted octanol–water partition coefficient (Wildman–Crippen LogP) is 1.02. The van der Waals surface area contributed by atoms with Crippen molar-refractivity contribution in [2.45, 2.75) is 13.8 Å². The molecule has 10 heavy (non-hydrogen) atoms. The van der Waals surface area contributed by atoms with Crippen LogP contribution in [0.15, 0.2) is 12.3 Å². The minimum absolute atomic E-state index is 0.0561. The Morgan fingerprint density at radius 1 is 1.60 bits per heavy atom. The molecule has 0 saturated heterocycles. The van der Waals surface area contributed by atoms with Crippen molar-refractivity contribution in [3.63, 3.8) is 0 Å². The van der Waals surface area contributed by atoms with Crippen LogP contribution in [0.3, 0.4) is 0 Å². The van der Waals surface area contributed by atoms with E-state index < -0.39 is 0 Å². The lowest BCUT2D eigenvalue weighted by Crippen LogP contribution is -2.26. The van der Waals surface area contributed by atoms with E-state index in [2.05, 4.69) is 0 Å². The lowest BCUT2D eigenvalue weighted by atomic mass is 10.4. The number of nitrogens with one attached hydrogen (secondary N) is 1. The van der Waals surface area contributed by atoms with Gasteiger partial charge in [0, 0.05) is 13.2 Å². The quantitative estimate of drug-likeness (QED) is 0.572. The van der Waals surface area contributed by atoms with Crippen LogP contribution in [-0.2, 0) is 4.79 Å². The van der Waals surface area contributed by atoms with Crippen LogP contribution < -0.4 is 0 Å². The summed E-state index contributed by atoms with van der Waals surface area (Å²) in [6.45, 7) is 3.30. The number of nitrogens with zero attached hydrogens (tertiary/aromatic N) is 1. The van der Waals surface area contributed by atoms with Gasteiger partial charge in [-0.05, 0) is 13.8 Å². The third kappa shape index (κ3) is 2.44. The minimum Gasteiger partial charge on any atom is -0.317 e. The smallest absolute Gasteiger partial charge is 0.270 e. The van der Waals surface area contributed by atoms with Gasteiger partial charge in [0.05, 0.1) is 5.71 Å². The molecule has 3 heteroatoms. The molecule has 0 rings (SSSR count). The maximum atomic E-state index is 10.9. The molecule has 3 nitrogen and oxygen atoms in total. The molecule has 1 amide bonds. The van der Waals surface area contributed by atoms with E-state index in [1.807, 2.05) is 6.92 Å². The third-order valence-electron chi connectivity index (χ3n) is 1.01. The average Bonchev–Trinajstić information content (AvgIpc) is 1.87. The Bertz CT molecular complexity index is 172. The Labute approximate surface area is 60.8 Å². The average molecular weight is 140 g/mol. The molecule has 0 saturated carbocycles. The molecule has 0 aliphatic carbocycles. The zero-order valence-electron chi connectivity index (χ0n) is 6.51. The molecule has 1 N–H and O–H groups in total. The molecule has 0 spiro atoms. The van der Waals surface area contributed by atoms with Gasteiger partial charge in [0.2, 0.25) is 0 Å². The standard InChI is InChI=1S/C7H12N2O/c1-4-5-9(3)7(10)6(2)8/h4-5,8H,1-3H3/b5-4-,8-6?. The van der Waals surface area contributed by atoms with Crippen molar-refractivity contribution in [2.24, 2.45) is 0 Å². The topological polar surface area (TPSA) is 44.2 Å². The summed E-state index contributed by atoms with van der Waals surface area (Å²) in [4.78, 5) is 12.3. The fourth-order valence-electron chi connectivity index (χ4n) is 0.556. The van der Waals surface area contributed by atoms with Crippen LogP contribution in [0.5, 0.6) is 0 Å². The van der Waals surface area contributed by atoms with Gasteiger partial charge in [-0.1, -0.05) is 6.08 Å². The molecule has 0 aromatic carbocycles. The molecule has 56 valence electrons. The summed E-state index contributed by atoms with van der Waals surface area (Å²) < 4.78 is 0. The normalized spacial score (nSPS) is 9.90. The van der Waals surface area contributed by atoms with E-state index in [1.165, 1.54) is 11.8 Å². The SMILES string of the molecule is C/C=C\N(C)C(=O)C(C)=N. The van der Waals surface area contributed by atoms with Crippen molar-refractivity contribution in [3.05, 3.63) is 12.3 Å². The highest BCUT2D eigenvalue weighted by atomic mass is 16.2. The second kappa shape index (κ2) is 3.82. The van der Waals surface area contributed by atoms with Gasteiger partial charge in [0.25, 0.3) is 5.91 Å². The van der Waals surface area contributed by atoms with E-state index in [0.717, 1.165) is 0 Å². The Balaban J connectivity index is 4.08. The molecule has 0 unspecified atom stereocenters. The highest BCUT2D eigenvalue weighted by molar-refractivity contribution is 6.36. The molecule has 0 heterocycles. The molecular formula is C7H12N2O. The number of carbonyl (C=O) groups excluding carboxylic acids is 1. The molecule has 0 aromatic rings. The third-order valence-corrected chi connectivity index (χ3v) is 1.01. The Kier molecular flexibility index (Phi) is 3.39. The Morgan fingerprint density at radius 2 is 2.10 bits per heavy atom. The van der Waals surface area contributed by atoms with Crippen molar-refractivity contribution in [2.75, 3.05) is 7.05 Å². The predicted molar refractivity (Wildman–Crippen MR) is 41.0 cm³/mol. The van der Waals surface area contributed by atoms with Crippen molar-refractivity contribution in [3.8, 4) is 0 Å². The van der Waals surface area contributed by atoms with Gasteiger partial charge in [-0.2, -0.15) is 0 Å². The number of allylic oxidation sites excluding steroid dienone is 1. The van der Waals surface area contributed by atoms with E-state index >= 15 is 0 Å². The largest absolute Gasteiger partial charge is 0.317 e. The highest BCUT2D eigenvalue weighted by Crippen LogP contribution is 1.87. The fourth-order valence-corrected chi connectivity index (χ4v) is 0.556. The number of hydrogen-bond donors (Lipinski definition) is 1. The zero-order chi connectivity index (χ0) is 8.15. The van der Waals surface area contributed by atoms with Crippen LogP contribution in [0.25, 0.3) is 0 Å². The number of carbonyl (C=O) groups is 1. The van der Waals surface area contributed by atoms with Crippen LogP contribution in [0, 0.1) is 5.41 Å². The van der Waals surface area contributed by atoms with Crippen LogP contribution in [0.2, 0.25) is 0 Å². The molecule has 0 radical (unpaired) electrons. The molecule has 0 aliphatic rings. The van der Waals surface area contributed by atoms with Gasteiger partial charge >= 0.3 is 0 Å². The van der Waals surface area contributed by atoms with Crippen molar-refractivity contribution in [1.82, 2.24) is 4.90 Å². The summed E-state index contributed by atoms with van der Waals surface area (Å²) in [6, 6.07) is 0. The van der Waals surface area contributed by atoms with Crippen LogP contribution in [0.4, 0.5) is 0 Å². The summed E-state index contributed by atoms with van der Waals surface area (Å²) in [5.74, 6) is -0.266. The first-order chi connectivity index (χ1) is 4.59. The highest BCUT2D eigenvalue weighted by Gasteiger charge is 2.05. The Hall–Kier alpha value is -1.12. The molecule has 0 aromatic heterocycles. The van der Waals surface area contributed by atoms with Crippen LogP contribution in [0.1, 0.15) is 13.8 Å². The summed E-state index contributed by atoms with van der Waals surface area (Å²) in [5.41, 5.74) is 0.0561. The first-order valence-electron chi connectivity index (χ1n) is 3.04. The van der Waals surface area contributed by atoms with E-state index in [0.29, 0.717) is 0 Å². The van der Waals surface area contributed by atoms with Gasteiger partial charge in [0.15, 0.2) is 0 Å². The van der Waals surface area contributed by atoms with Crippen molar-refractivity contribution < 1.29 is 4.79 Å². The van der Waals surface area contributed by atoms with Gasteiger partial charge in [0.1, 0.15) is 0 Å². The molecule has 0 aliphatic heterocycles. The van der Waals surface area contributed by atoms with Gasteiger partial charge in [-0.25, -0.2) is 0 Å². The van der Waals surface area contributed by atoms with Gasteiger partial charge < -0.3 is 4.90 Å². The zero-order valence-corrected chi connectivity index (χ0v) is 6.51. The molecule has 0 atom stereocenters. The summed E-state index contributed by atoms with van der Waals surface area (Å²) in [6.07, 6.45) is 3.38. The number of amides is 1. The summed E-state index contributed by atoms with van der Waals surface area (Å²) in [7, 11) is 1.63. The van der Waals surface area contributed by atoms with Crippen LogP contribution >= 0.6 is 0 Å². The number of hydrogen-bond acceptors (Lipinski definition) is 2. The lowest BCUT2D eigenvalue weighted by molar-refractivity contribution is -0.120. The maximum Gasteiger partial charge on any atom is 0.270 e. The second-order valence-electron chi connectivity index (χ2n) is 2.02. The van der Waals surface area contributed by atoms with E-state index in [4.69, 9.17) is 5.41 Å². The minimum atomic E-state index is -0.266. The summed E-state index contributed by atoms with van der Waals surface area (Å²) in [5, 5.41) is 6.98. The first-order valence-corrected chi connectivity index (χ1v) is 3.04. The van der Waals surface area contributed by atoms with E-state index in [9.17, 15) is 4.79 Å². The second-order valence-corrected chi connectivity index (χ2v) is 2.02. The maximum absolute atomic E-state index is 10.9. The first kappa shape index (κ1) is 8.88. The van der Waals surface area contributed by atoms with Crippen molar-refractivity contribution >= 4 is 11.6 Å². The van der Waals surface area contributed by atoms with E-state index in [-0.39, 0.29) is 11.6 Å². The lowest BCUT2D eigenvalue weighted by Gasteiger charge is -2.09. The van der Waals surface area contributed by atoms with Crippen molar-refractivity contribution in [1.29, 1.82) is 5.41 Å². The fraction of sp³-hybridized carbons (Fsp3) is 0.429. The molecule has 0 bridgehead atoms. The monoisotopic (exact) mass is 140 g/mol. The van der Waals surface area contributed by atoms with Crippen LogP contribution in [-0.4, -0.2) is 23.6 Å². The molecular weight excluding hydrogens is 128 g/mol. The number of rotatable bonds is 2.